The number of nitrogens with zero attached hydrogens (tertiary/aromatic N) is 2. The monoisotopic (exact) mass is 559 g/mol. The maximum atomic E-state index is 15.2. The zero-order valence-corrected chi connectivity index (χ0v) is 21.6. The van der Waals surface area contributed by atoms with Crippen LogP contribution in [0.15, 0.2) is 94.7 Å². The van der Waals surface area contributed by atoms with E-state index in [0.717, 1.165) is 5.56 Å². The van der Waals surface area contributed by atoms with Gasteiger partial charge < -0.3 is 16.0 Å². The number of fused-ring (bicyclic) bond motifs is 1. The van der Waals surface area contributed by atoms with E-state index in [4.69, 9.17) is 0 Å². The molecule has 4 aromatic rings. The van der Waals surface area contributed by atoms with E-state index in [2.05, 4.69) is 37.0 Å². The predicted octanol–water partition coefficient (Wildman–Crippen LogP) is 6.27. The van der Waals surface area contributed by atoms with Crippen LogP contribution in [0.25, 0.3) is 0 Å². The molecule has 1 aliphatic rings. The van der Waals surface area contributed by atoms with Crippen molar-refractivity contribution < 1.29 is 14.0 Å². The van der Waals surface area contributed by atoms with Gasteiger partial charge in [0, 0.05) is 27.1 Å². The summed E-state index contributed by atoms with van der Waals surface area (Å²) in [7, 11) is 0. The van der Waals surface area contributed by atoms with Crippen LogP contribution in [-0.2, 0) is 4.79 Å². The average molecular weight is 560 g/mol. The molecule has 0 saturated heterocycles. The van der Waals surface area contributed by atoms with E-state index in [1.165, 1.54) is 16.9 Å². The van der Waals surface area contributed by atoms with Crippen LogP contribution in [0.2, 0.25) is 0 Å². The second-order valence-electron chi connectivity index (χ2n) is 8.73. The molecule has 5 rings (SSSR count). The molecule has 1 aromatic heterocycles. The van der Waals surface area contributed by atoms with Crippen LogP contribution >= 0.6 is 15.9 Å². The van der Waals surface area contributed by atoms with Crippen molar-refractivity contribution in [2.75, 3.05) is 16.0 Å². The van der Waals surface area contributed by atoms with E-state index < -0.39 is 17.8 Å². The molecule has 2 amide bonds. The van der Waals surface area contributed by atoms with Gasteiger partial charge in [0.25, 0.3) is 11.8 Å². The van der Waals surface area contributed by atoms with E-state index in [9.17, 15) is 9.59 Å². The minimum atomic E-state index is -0.919. The standard InChI is InChI=1S/C28H23BrFN5O2/c1-16-7-6-10-20(13-16)34-27(36)22-15-31-35-25(21-14-18(29)11-12-23(21)30)24(17(2)32-26(22)35)28(37)33-19-8-4-3-5-9-19/h3-15,25,32H,1-2H3,(H,33,37)(H,34,36). The Hall–Kier alpha value is -4.24. The maximum absolute atomic E-state index is 15.2. The molecule has 0 bridgehead atoms. The van der Waals surface area contributed by atoms with E-state index in [1.54, 1.807) is 37.3 Å². The number of halogens is 2. The quantitative estimate of drug-likeness (QED) is 0.269. The lowest BCUT2D eigenvalue weighted by Gasteiger charge is -2.30. The number of rotatable bonds is 5. The first-order valence-corrected chi connectivity index (χ1v) is 12.4. The molecule has 7 nitrogen and oxygen atoms in total. The molecule has 0 aliphatic carbocycles. The summed E-state index contributed by atoms with van der Waals surface area (Å²) in [5.74, 6) is -0.922. The van der Waals surface area contributed by atoms with E-state index in [-0.39, 0.29) is 22.6 Å². The van der Waals surface area contributed by atoms with Gasteiger partial charge in [-0.05, 0) is 61.9 Å². The van der Waals surface area contributed by atoms with E-state index in [1.807, 2.05) is 43.3 Å². The van der Waals surface area contributed by atoms with Gasteiger partial charge in [-0.15, -0.1) is 0 Å². The number of anilines is 3. The summed E-state index contributed by atoms with van der Waals surface area (Å²) in [6.45, 7) is 3.66. The number of carbonyl (C=O) groups excluding carboxylic acids is 2. The number of nitrogens with one attached hydrogen (secondary N) is 3. The first kappa shape index (κ1) is 24.5. The van der Waals surface area contributed by atoms with Gasteiger partial charge in [0.2, 0.25) is 0 Å². The van der Waals surface area contributed by atoms with Crippen LogP contribution in [0.1, 0.15) is 34.5 Å². The topological polar surface area (TPSA) is 88.0 Å². The molecule has 0 spiro atoms. The normalized spacial score (nSPS) is 14.5. The lowest BCUT2D eigenvalue weighted by atomic mass is 9.94. The lowest BCUT2D eigenvalue weighted by molar-refractivity contribution is -0.113. The lowest BCUT2D eigenvalue weighted by Crippen LogP contribution is -2.32. The largest absolute Gasteiger partial charge is 0.343 e. The Bertz CT molecular complexity index is 1550. The molecular formula is C28H23BrFN5O2. The Labute approximate surface area is 221 Å². The number of para-hydroxylation sites is 1. The second kappa shape index (κ2) is 10.0. The van der Waals surface area contributed by atoms with Crippen LogP contribution in [0.5, 0.6) is 0 Å². The Morgan fingerprint density at radius 1 is 0.946 bits per heavy atom. The van der Waals surface area contributed by atoms with Crippen molar-refractivity contribution in [2.24, 2.45) is 0 Å². The zero-order valence-electron chi connectivity index (χ0n) is 20.0. The Kier molecular flexibility index (Phi) is 6.62. The minimum Gasteiger partial charge on any atom is -0.343 e. The third kappa shape index (κ3) is 4.90. The van der Waals surface area contributed by atoms with E-state index in [0.29, 0.717) is 27.4 Å². The molecule has 37 heavy (non-hydrogen) atoms. The Balaban J connectivity index is 1.58. The summed E-state index contributed by atoms with van der Waals surface area (Å²) >= 11 is 3.41. The summed E-state index contributed by atoms with van der Waals surface area (Å²) in [6, 6.07) is 20.1. The number of aryl methyl sites for hydroxylation is 1. The van der Waals surface area contributed by atoms with Crippen molar-refractivity contribution in [1.29, 1.82) is 0 Å². The van der Waals surface area contributed by atoms with Gasteiger partial charge in [-0.1, -0.05) is 46.3 Å². The highest BCUT2D eigenvalue weighted by Crippen LogP contribution is 2.39. The highest BCUT2D eigenvalue weighted by Gasteiger charge is 2.36. The van der Waals surface area contributed by atoms with Gasteiger partial charge >= 0.3 is 0 Å². The van der Waals surface area contributed by atoms with Crippen molar-refractivity contribution in [3.8, 4) is 0 Å². The van der Waals surface area contributed by atoms with Crippen molar-refractivity contribution in [1.82, 2.24) is 9.78 Å². The second-order valence-corrected chi connectivity index (χ2v) is 9.64. The fourth-order valence-electron chi connectivity index (χ4n) is 4.37. The smallest absolute Gasteiger partial charge is 0.261 e. The summed E-state index contributed by atoms with van der Waals surface area (Å²) in [5.41, 5.74) is 3.52. The van der Waals surface area contributed by atoms with Crippen molar-refractivity contribution in [3.63, 3.8) is 0 Å². The van der Waals surface area contributed by atoms with Gasteiger partial charge in [-0.3, -0.25) is 9.59 Å². The molecule has 2 heterocycles. The Morgan fingerprint density at radius 3 is 2.43 bits per heavy atom. The summed E-state index contributed by atoms with van der Waals surface area (Å²) in [6.07, 6.45) is 1.42. The van der Waals surface area contributed by atoms with Gasteiger partial charge in [-0.2, -0.15) is 5.10 Å². The van der Waals surface area contributed by atoms with Crippen molar-refractivity contribution in [2.45, 2.75) is 19.9 Å². The van der Waals surface area contributed by atoms with Gasteiger partial charge in [-0.25, -0.2) is 9.07 Å². The maximum Gasteiger partial charge on any atom is 0.261 e. The van der Waals surface area contributed by atoms with Crippen LogP contribution in [-0.4, -0.2) is 21.6 Å². The fraction of sp³-hybridized carbons (Fsp3) is 0.107. The number of hydrogen-bond acceptors (Lipinski definition) is 4. The van der Waals surface area contributed by atoms with Crippen molar-refractivity contribution in [3.05, 3.63) is 117 Å². The molecule has 0 fully saturated rings. The van der Waals surface area contributed by atoms with Gasteiger partial charge in [0.15, 0.2) is 0 Å². The molecule has 0 radical (unpaired) electrons. The minimum absolute atomic E-state index is 0.239. The average Bonchev–Trinajstić information content (AvgIpc) is 3.29. The van der Waals surface area contributed by atoms with E-state index >= 15 is 4.39 Å². The van der Waals surface area contributed by atoms with Crippen LogP contribution in [0.4, 0.5) is 21.6 Å². The molecule has 1 aliphatic heterocycles. The first-order valence-electron chi connectivity index (χ1n) is 11.6. The molecular weight excluding hydrogens is 537 g/mol. The summed E-state index contributed by atoms with van der Waals surface area (Å²) < 4.78 is 17.3. The van der Waals surface area contributed by atoms with Crippen molar-refractivity contribution >= 4 is 44.9 Å². The fourth-order valence-corrected chi connectivity index (χ4v) is 4.75. The van der Waals surface area contributed by atoms with Crippen LogP contribution in [0, 0.1) is 12.7 Å². The molecule has 186 valence electrons. The predicted molar refractivity (Wildman–Crippen MR) is 145 cm³/mol. The molecule has 3 N–H and O–H groups in total. The number of hydrogen-bond donors (Lipinski definition) is 3. The zero-order chi connectivity index (χ0) is 26.1. The third-order valence-electron chi connectivity index (χ3n) is 6.07. The molecule has 3 aromatic carbocycles. The molecule has 0 saturated carbocycles. The molecule has 9 heteroatoms. The summed E-state index contributed by atoms with van der Waals surface area (Å²) in [5, 5.41) is 13.4. The highest BCUT2D eigenvalue weighted by atomic mass is 79.9. The van der Waals surface area contributed by atoms with Gasteiger partial charge in [0.1, 0.15) is 23.2 Å². The van der Waals surface area contributed by atoms with Crippen LogP contribution < -0.4 is 16.0 Å². The number of amides is 2. The number of aromatic nitrogens is 2. The van der Waals surface area contributed by atoms with Crippen LogP contribution in [0.3, 0.4) is 0 Å². The molecule has 1 unspecified atom stereocenters. The number of carbonyl (C=O) groups is 2. The number of benzene rings is 3. The molecule has 1 atom stereocenters. The highest BCUT2D eigenvalue weighted by molar-refractivity contribution is 9.10. The SMILES string of the molecule is CC1=C(C(=O)Nc2ccccc2)C(c2cc(Br)ccc2F)n2ncc(C(=O)Nc3cccc(C)c3)c2N1. The third-order valence-corrected chi connectivity index (χ3v) is 6.57. The number of allylic oxidation sites excluding steroid dienone is 1. The van der Waals surface area contributed by atoms with Gasteiger partial charge in [0.05, 0.1) is 11.8 Å². The first-order chi connectivity index (χ1) is 17.8. The summed E-state index contributed by atoms with van der Waals surface area (Å²) in [4.78, 5) is 26.7. The Morgan fingerprint density at radius 2 is 1.68 bits per heavy atom.